The van der Waals surface area contributed by atoms with E-state index < -0.39 is 10.0 Å². The Hall–Kier alpha value is -2.48. The molecule has 1 aliphatic heterocycles. The molecule has 5 nitrogen and oxygen atoms in total. The van der Waals surface area contributed by atoms with E-state index in [4.69, 9.17) is 0 Å². The zero-order valence-corrected chi connectivity index (χ0v) is 19.8. The van der Waals surface area contributed by atoms with Crippen molar-refractivity contribution in [3.05, 3.63) is 88.1 Å². The molecule has 0 spiro atoms. The van der Waals surface area contributed by atoms with Crippen molar-refractivity contribution in [2.24, 2.45) is 0 Å². The summed E-state index contributed by atoms with van der Waals surface area (Å²) < 4.78 is 28.0. The summed E-state index contributed by atoms with van der Waals surface area (Å²) >= 11 is 1.72. The normalized spacial score (nSPS) is 16.2. The number of unbranched alkanes of at least 4 members (excludes halogenated alkanes) is 1. The monoisotopic (exact) mass is 468 g/mol. The maximum absolute atomic E-state index is 13.6. The van der Waals surface area contributed by atoms with Gasteiger partial charge in [0, 0.05) is 18.0 Å². The number of thiophene rings is 1. The smallest absolute Gasteiger partial charge is 0.243 e. The molecule has 0 saturated carbocycles. The van der Waals surface area contributed by atoms with E-state index in [1.165, 1.54) is 9.18 Å². The topological polar surface area (TPSA) is 57.7 Å². The molecule has 3 aromatic rings. The third-order valence-corrected chi connectivity index (χ3v) is 8.71. The lowest BCUT2D eigenvalue weighted by molar-refractivity contribution is -0.133. The van der Waals surface area contributed by atoms with Gasteiger partial charge in [-0.2, -0.15) is 4.31 Å². The molecule has 32 heavy (non-hydrogen) atoms. The van der Waals surface area contributed by atoms with Gasteiger partial charge in [0.15, 0.2) is 0 Å². The third kappa shape index (κ3) is 4.65. The largest absolute Gasteiger partial charge is 0.330 e. The van der Waals surface area contributed by atoms with Crippen LogP contribution in [0.2, 0.25) is 0 Å². The second-order valence-corrected chi connectivity index (χ2v) is 10.9. The highest BCUT2D eigenvalue weighted by atomic mass is 32.2. The van der Waals surface area contributed by atoms with E-state index in [1.54, 1.807) is 41.7 Å². The maximum atomic E-state index is 13.6. The molecular weight excluding hydrogens is 440 g/mol. The van der Waals surface area contributed by atoms with Crippen molar-refractivity contribution in [2.75, 3.05) is 19.6 Å². The number of sulfonamides is 1. The van der Waals surface area contributed by atoms with Gasteiger partial charge in [-0.15, -0.1) is 11.3 Å². The van der Waals surface area contributed by atoms with Crippen molar-refractivity contribution >= 4 is 27.3 Å². The van der Waals surface area contributed by atoms with E-state index in [9.17, 15) is 13.2 Å². The molecule has 0 fully saturated rings. The van der Waals surface area contributed by atoms with E-state index >= 15 is 0 Å². The molecule has 1 unspecified atom stereocenters. The Bertz CT molecular complexity index is 1140. The van der Waals surface area contributed by atoms with Crippen LogP contribution in [0.25, 0.3) is 0 Å². The zero-order valence-electron chi connectivity index (χ0n) is 18.2. The summed E-state index contributed by atoms with van der Waals surface area (Å²) in [7, 11) is -3.75. The summed E-state index contributed by atoms with van der Waals surface area (Å²) in [6.07, 6.45) is 2.35. The van der Waals surface area contributed by atoms with Crippen LogP contribution in [0.15, 0.2) is 77.0 Å². The minimum Gasteiger partial charge on any atom is -0.330 e. The van der Waals surface area contributed by atoms with Gasteiger partial charge in [-0.1, -0.05) is 61.9 Å². The molecule has 4 rings (SSSR count). The molecule has 0 saturated heterocycles. The summed E-state index contributed by atoms with van der Waals surface area (Å²) in [6.45, 7) is 2.77. The van der Waals surface area contributed by atoms with Crippen LogP contribution in [0.5, 0.6) is 0 Å². The van der Waals surface area contributed by atoms with Gasteiger partial charge < -0.3 is 4.90 Å². The molecule has 7 heteroatoms. The van der Waals surface area contributed by atoms with E-state index in [-0.39, 0.29) is 23.4 Å². The predicted octanol–water partition coefficient (Wildman–Crippen LogP) is 4.71. The SMILES string of the molecule is CCCCN(CC(=O)N1CCc2sccc2C1c1ccccc1)S(=O)(=O)c1ccccc1. The average Bonchev–Trinajstić information content (AvgIpc) is 3.31. The number of amides is 1. The lowest BCUT2D eigenvalue weighted by atomic mass is 9.93. The number of hydrogen-bond acceptors (Lipinski definition) is 4. The van der Waals surface area contributed by atoms with Crippen molar-refractivity contribution in [3.63, 3.8) is 0 Å². The van der Waals surface area contributed by atoms with Crippen molar-refractivity contribution in [2.45, 2.75) is 37.1 Å². The highest BCUT2D eigenvalue weighted by molar-refractivity contribution is 7.89. The van der Waals surface area contributed by atoms with Crippen LogP contribution < -0.4 is 0 Å². The fraction of sp³-hybridized carbons (Fsp3) is 0.320. The molecule has 0 bridgehead atoms. The number of carbonyl (C=O) groups is 1. The van der Waals surface area contributed by atoms with Gasteiger partial charge in [0.1, 0.15) is 0 Å². The highest BCUT2D eigenvalue weighted by Crippen LogP contribution is 2.37. The molecule has 1 aliphatic rings. The van der Waals surface area contributed by atoms with Crippen LogP contribution in [0.3, 0.4) is 0 Å². The molecule has 1 atom stereocenters. The van der Waals surface area contributed by atoms with Gasteiger partial charge in [-0.3, -0.25) is 4.79 Å². The summed E-state index contributed by atoms with van der Waals surface area (Å²) in [5, 5.41) is 2.07. The number of hydrogen-bond donors (Lipinski definition) is 0. The Morgan fingerprint density at radius 2 is 1.75 bits per heavy atom. The van der Waals surface area contributed by atoms with Crippen LogP contribution in [0.1, 0.15) is 41.8 Å². The lowest BCUT2D eigenvalue weighted by Gasteiger charge is -2.37. The first-order chi connectivity index (χ1) is 15.5. The van der Waals surface area contributed by atoms with Gasteiger partial charge in [-0.05, 0) is 47.5 Å². The Labute approximate surface area is 194 Å². The molecule has 0 N–H and O–H groups in total. The molecule has 2 heterocycles. The number of rotatable bonds is 8. The van der Waals surface area contributed by atoms with Crippen LogP contribution in [-0.4, -0.2) is 43.2 Å². The van der Waals surface area contributed by atoms with Crippen molar-refractivity contribution in [1.82, 2.24) is 9.21 Å². The van der Waals surface area contributed by atoms with E-state index in [0.717, 1.165) is 24.0 Å². The Balaban J connectivity index is 1.64. The maximum Gasteiger partial charge on any atom is 0.243 e. The first-order valence-electron chi connectivity index (χ1n) is 11.0. The Kier molecular flexibility index (Phi) is 7.08. The molecule has 1 amide bonds. The number of nitrogens with zero attached hydrogens (tertiary/aromatic N) is 2. The summed E-state index contributed by atoms with van der Waals surface area (Å²) in [5.74, 6) is -0.161. The number of benzene rings is 2. The van der Waals surface area contributed by atoms with Gasteiger partial charge in [0.2, 0.25) is 15.9 Å². The summed E-state index contributed by atoms with van der Waals surface area (Å²) in [6, 6.07) is 20.3. The number of fused-ring (bicyclic) bond motifs is 1. The molecule has 0 radical (unpaired) electrons. The van der Waals surface area contributed by atoms with Crippen molar-refractivity contribution in [3.8, 4) is 0 Å². The molecular formula is C25H28N2O3S2. The molecule has 168 valence electrons. The quantitative estimate of drug-likeness (QED) is 0.481. The molecule has 1 aromatic heterocycles. The van der Waals surface area contributed by atoms with Gasteiger partial charge in [-0.25, -0.2) is 8.42 Å². The molecule has 0 aliphatic carbocycles. The first kappa shape index (κ1) is 22.7. The Morgan fingerprint density at radius 3 is 2.44 bits per heavy atom. The van der Waals surface area contributed by atoms with Gasteiger partial charge in [0.05, 0.1) is 17.5 Å². The predicted molar refractivity (Wildman–Crippen MR) is 128 cm³/mol. The number of carbonyl (C=O) groups excluding carboxylic acids is 1. The third-order valence-electron chi connectivity index (χ3n) is 5.86. The Morgan fingerprint density at radius 1 is 1.06 bits per heavy atom. The second-order valence-electron chi connectivity index (χ2n) is 7.95. The fourth-order valence-electron chi connectivity index (χ4n) is 4.18. The zero-order chi connectivity index (χ0) is 22.6. The average molecular weight is 469 g/mol. The van der Waals surface area contributed by atoms with E-state index in [1.807, 2.05) is 42.2 Å². The van der Waals surface area contributed by atoms with Crippen LogP contribution in [-0.2, 0) is 21.2 Å². The summed E-state index contributed by atoms with van der Waals surface area (Å²) in [4.78, 5) is 17.0. The van der Waals surface area contributed by atoms with Gasteiger partial charge >= 0.3 is 0 Å². The lowest BCUT2D eigenvalue weighted by Crippen LogP contribution is -2.47. The minimum absolute atomic E-state index is 0.153. The van der Waals surface area contributed by atoms with Crippen molar-refractivity contribution in [1.29, 1.82) is 0 Å². The first-order valence-corrected chi connectivity index (χ1v) is 13.3. The minimum atomic E-state index is -3.75. The van der Waals surface area contributed by atoms with E-state index in [2.05, 4.69) is 11.4 Å². The highest BCUT2D eigenvalue weighted by Gasteiger charge is 2.35. The standard InChI is InChI=1S/C25H28N2O3S2/c1-2-3-16-26(32(29,30)21-12-8-5-9-13-21)19-24(28)27-17-14-23-22(15-18-31-23)25(27)20-10-6-4-7-11-20/h4-13,15,18,25H,2-3,14,16-17,19H2,1H3. The van der Waals surface area contributed by atoms with E-state index in [0.29, 0.717) is 19.5 Å². The van der Waals surface area contributed by atoms with Crippen LogP contribution in [0.4, 0.5) is 0 Å². The van der Waals surface area contributed by atoms with Crippen LogP contribution >= 0.6 is 11.3 Å². The van der Waals surface area contributed by atoms with Crippen molar-refractivity contribution < 1.29 is 13.2 Å². The molecule has 2 aromatic carbocycles. The second kappa shape index (κ2) is 9.98. The summed E-state index contributed by atoms with van der Waals surface area (Å²) in [5.41, 5.74) is 2.19. The fourth-order valence-corrected chi connectivity index (χ4v) is 6.53. The van der Waals surface area contributed by atoms with Gasteiger partial charge in [0.25, 0.3) is 0 Å². The van der Waals surface area contributed by atoms with Crippen LogP contribution in [0, 0.1) is 0 Å².